The number of aromatic amines is 1. The standard InChI is InChI=1S/C26H29F3N8O2/c1-16(2)11-22-33-24(39-35-22)18-3-4-19-20(13-18)32-25(31-19)34-21-12-17(5-6-30-21)15-36-7-9-37(10-8-36)23(38)14-26(27,28)29/h3-6,12-13,16H,7-11,14-15H2,1-2H3,(H2,30,31,32,34). The quantitative estimate of drug-likeness (QED) is 0.333. The second-order valence-corrected chi connectivity index (χ2v) is 10.1. The van der Waals surface area contributed by atoms with Gasteiger partial charge in [0.05, 0.1) is 11.0 Å². The van der Waals surface area contributed by atoms with Crippen molar-refractivity contribution in [3.05, 3.63) is 47.9 Å². The van der Waals surface area contributed by atoms with E-state index in [0.717, 1.165) is 28.6 Å². The number of nitrogens with one attached hydrogen (secondary N) is 2. The number of nitrogens with zero attached hydrogens (tertiary/aromatic N) is 6. The molecule has 206 valence electrons. The number of carbonyl (C=O) groups is 1. The number of anilines is 2. The Hall–Kier alpha value is -4.00. The number of carbonyl (C=O) groups excluding carboxylic acids is 1. The fourth-order valence-corrected chi connectivity index (χ4v) is 4.48. The van der Waals surface area contributed by atoms with Crippen molar-refractivity contribution in [1.29, 1.82) is 0 Å². The van der Waals surface area contributed by atoms with Gasteiger partial charge in [0.15, 0.2) is 5.82 Å². The molecule has 2 N–H and O–H groups in total. The SMILES string of the molecule is CC(C)Cc1noc(-c2ccc3nc(Nc4cc(CN5CCN(C(=O)CC(F)(F)F)CC5)ccn4)[nH]c3c2)n1. The smallest absolute Gasteiger partial charge is 0.340 e. The molecule has 0 spiro atoms. The Morgan fingerprint density at radius 2 is 1.92 bits per heavy atom. The zero-order valence-electron chi connectivity index (χ0n) is 21.6. The molecule has 5 rings (SSSR count). The number of hydrogen-bond acceptors (Lipinski definition) is 8. The first-order chi connectivity index (χ1) is 18.6. The summed E-state index contributed by atoms with van der Waals surface area (Å²) in [4.78, 5) is 31.9. The normalized spacial score (nSPS) is 14.9. The van der Waals surface area contributed by atoms with Crippen LogP contribution in [0.1, 0.15) is 31.7 Å². The van der Waals surface area contributed by atoms with E-state index in [1.165, 1.54) is 4.90 Å². The third kappa shape index (κ3) is 6.91. The first-order valence-corrected chi connectivity index (χ1v) is 12.7. The number of alkyl halides is 3. The number of halogens is 3. The van der Waals surface area contributed by atoms with E-state index in [-0.39, 0.29) is 13.1 Å². The highest BCUT2D eigenvalue weighted by atomic mass is 19.4. The summed E-state index contributed by atoms with van der Waals surface area (Å²) in [6.45, 7) is 6.33. The van der Waals surface area contributed by atoms with E-state index >= 15 is 0 Å². The van der Waals surface area contributed by atoms with Gasteiger partial charge in [0, 0.05) is 50.9 Å². The van der Waals surface area contributed by atoms with Crippen LogP contribution < -0.4 is 5.32 Å². The van der Waals surface area contributed by atoms with E-state index in [2.05, 4.69) is 49.2 Å². The van der Waals surface area contributed by atoms with Crippen LogP contribution in [0.3, 0.4) is 0 Å². The molecule has 13 heteroatoms. The second-order valence-electron chi connectivity index (χ2n) is 10.1. The van der Waals surface area contributed by atoms with Crippen LogP contribution >= 0.6 is 0 Å². The van der Waals surface area contributed by atoms with Crippen molar-refractivity contribution in [2.75, 3.05) is 31.5 Å². The lowest BCUT2D eigenvalue weighted by molar-refractivity contribution is -0.162. The number of amides is 1. The first-order valence-electron chi connectivity index (χ1n) is 12.7. The molecule has 1 amide bonds. The molecule has 1 saturated heterocycles. The minimum absolute atomic E-state index is 0.273. The second kappa shape index (κ2) is 11.0. The number of imidazole rings is 1. The molecule has 1 aliphatic heterocycles. The number of hydrogen-bond donors (Lipinski definition) is 2. The Morgan fingerprint density at radius 1 is 1.13 bits per heavy atom. The highest BCUT2D eigenvalue weighted by Crippen LogP contribution is 2.25. The van der Waals surface area contributed by atoms with Crippen LogP contribution in [0.25, 0.3) is 22.5 Å². The van der Waals surface area contributed by atoms with E-state index in [1.54, 1.807) is 6.20 Å². The molecule has 1 aliphatic rings. The number of pyridine rings is 1. The fraction of sp³-hybridized carbons (Fsp3) is 0.423. The summed E-state index contributed by atoms with van der Waals surface area (Å²) in [6, 6.07) is 9.45. The van der Waals surface area contributed by atoms with Crippen molar-refractivity contribution in [3.8, 4) is 11.5 Å². The van der Waals surface area contributed by atoms with Gasteiger partial charge in [0.2, 0.25) is 11.9 Å². The predicted octanol–water partition coefficient (Wildman–Crippen LogP) is 4.55. The zero-order chi connectivity index (χ0) is 27.6. The minimum Gasteiger partial charge on any atom is -0.340 e. The molecule has 1 fully saturated rings. The summed E-state index contributed by atoms with van der Waals surface area (Å²) in [5.74, 6) is 1.81. The van der Waals surface area contributed by atoms with E-state index < -0.39 is 18.5 Å². The van der Waals surface area contributed by atoms with Crippen molar-refractivity contribution in [1.82, 2.24) is 34.9 Å². The van der Waals surface area contributed by atoms with Crippen LogP contribution in [0.5, 0.6) is 0 Å². The maximum Gasteiger partial charge on any atom is 0.397 e. The van der Waals surface area contributed by atoms with Crippen LogP contribution in [0, 0.1) is 5.92 Å². The van der Waals surface area contributed by atoms with Crippen LogP contribution in [-0.4, -0.2) is 73.2 Å². The maximum atomic E-state index is 12.5. The molecular formula is C26H29F3N8O2. The monoisotopic (exact) mass is 542 g/mol. The fourth-order valence-electron chi connectivity index (χ4n) is 4.48. The van der Waals surface area contributed by atoms with E-state index in [1.807, 2.05) is 30.3 Å². The van der Waals surface area contributed by atoms with Gasteiger partial charge < -0.3 is 19.7 Å². The molecule has 0 atom stereocenters. The van der Waals surface area contributed by atoms with Crippen molar-refractivity contribution < 1.29 is 22.5 Å². The third-order valence-corrected chi connectivity index (χ3v) is 6.34. The van der Waals surface area contributed by atoms with Gasteiger partial charge in [-0.1, -0.05) is 19.0 Å². The lowest BCUT2D eigenvalue weighted by atomic mass is 10.1. The molecule has 3 aromatic heterocycles. The van der Waals surface area contributed by atoms with Crippen LogP contribution in [-0.2, 0) is 17.8 Å². The summed E-state index contributed by atoms with van der Waals surface area (Å²) >= 11 is 0. The maximum absolute atomic E-state index is 12.5. The summed E-state index contributed by atoms with van der Waals surface area (Å²) in [7, 11) is 0. The van der Waals surface area contributed by atoms with Crippen molar-refractivity contribution in [3.63, 3.8) is 0 Å². The van der Waals surface area contributed by atoms with Crippen LogP contribution in [0.15, 0.2) is 41.1 Å². The van der Waals surface area contributed by atoms with E-state index in [0.29, 0.717) is 49.0 Å². The van der Waals surface area contributed by atoms with Gasteiger partial charge in [-0.2, -0.15) is 18.2 Å². The molecule has 0 unspecified atom stereocenters. The molecule has 0 saturated carbocycles. The number of rotatable bonds is 8. The van der Waals surface area contributed by atoms with Gasteiger partial charge in [-0.15, -0.1) is 0 Å². The van der Waals surface area contributed by atoms with Gasteiger partial charge in [0.1, 0.15) is 12.2 Å². The molecule has 1 aromatic carbocycles. The molecule has 39 heavy (non-hydrogen) atoms. The Labute approximate surface area is 222 Å². The molecule has 0 aliphatic carbocycles. The van der Waals surface area contributed by atoms with E-state index in [9.17, 15) is 18.0 Å². The molecule has 4 heterocycles. The van der Waals surface area contributed by atoms with Gasteiger partial charge in [0.25, 0.3) is 5.89 Å². The zero-order valence-corrected chi connectivity index (χ0v) is 21.6. The topological polar surface area (TPSA) is 116 Å². The van der Waals surface area contributed by atoms with E-state index in [4.69, 9.17) is 4.52 Å². The van der Waals surface area contributed by atoms with Gasteiger partial charge in [-0.3, -0.25) is 9.69 Å². The Bertz CT molecular complexity index is 1440. The average Bonchev–Trinajstić information content (AvgIpc) is 3.49. The lowest BCUT2D eigenvalue weighted by Gasteiger charge is -2.35. The Morgan fingerprint density at radius 3 is 2.67 bits per heavy atom. The Balaban J connectivity index is 1.20. The first kappa shape index (κ1) is 26.6. The summed E-state index contributed by atoms with van der Waals surface area (Å²) in [5.41, 5.74) is 3.33. The van der Waals surface area contributed by atoms with Crippen LogP contribution in [0.2, 0.25) is 0 Å². The highest BCUT2D eigenvalue weighted by Gasteiger charge is 2.34. The third-order valence-electron chi connectivity index (χ3n) is 6.34. The molecule has 10 nitrogen and oxygen atoms in total. The van der Waals surface area contributed by atoms with Crippen molar-refractivity contribution >= 4 is 28.7 Å². The van der Waals surface area contributed by atoms with Crippen molar-refractivity contribution in [2.24, 2.45) is 5.92 Å². The predicted molar refractivity (Wildman–Crippen MR) is 138 cm³/mol. The largest absolute Gasteiger partial charge is 0.397 e. The van der Waals surface area contributed by atoms with Gasteiger partial charge in [-0.25, -0.2) is 9.97 Å². The molecule has 0 radical (unpaired) electrons. The Kier molecular flexibility index (Phi) is 7.51. The molecular weight excluding hydrogens is 513 g/mol. The molecule has 0 bridgehead atoms. The minimum atomic E-state index is -4.48. The average molecular weight is 543 g/mol. The number of fused-ring (bicyclic) bond motifs is 1. The number of H-pyrrole nitrogens is 1. The molecule has 4 aromatic rings. The lowest BCUT2D eigenvalue weighted by Crippen LogP contribution is -2.49. The van der Waals surface area contributed by atoms with Crippen molar-refractivity contribution in [2.45, 2.75) is 39.4 Å². The van der Waals surface area contributed by atoms with Gasteiger partial charge in [-0.05, 0) is 41.8 Å². The summed E-state index contributed by atoms with van der Waals surface area (Å²) < 4.78 is 43.0. The summed E-state index contributed by atoms with van der Waals surface area (Å²) in [5, 5.41) is 7.25. The number of piperazine rings is 1. The number of benzene rings is 1. The summed E-state index contributed by atoms with van der Waals surface area (Å²) in [6.07, 6.45) is -3.46. The highest BCUT2D eigenvalue weighted by molar-refractivity contribution is 5.82. The van der Waals surface area contributed by atoms with Gasteiger partial charge >= 0.3 is 6.18 Å². The number of aromatic nitrogens is 5. The van der Waals surface area contributed by atoms with Crippen LogP contribution in [0.4, 0.5) is 24.9 Å².